The van der Waals surface area contributed by atoms with Crippen molar-refractivity contribution in [2.75, 3.05) is 23.7 Å². The van der Waals surface area contributed by atoms with E-state index in [2.05, 4.69) is 10.2 Å². The molecular formula is C21H22N4O2. The van der Waals surface area contributed by atoms with Crippen LogP contribution in [0.15, 0.2) is 60.7 Å². The summed E-state index contributed by atoms with van der Waals surface area (Å²) < 4.78 is 0. The van der Waals surface area contributed by atoms with Gasteiger partial charge < -0.3 is 20.8 Å². The summed E-state index contributed by atoms with van der Waals surface area (Å²) in [6, 6.07) is 18.8. The molecule has 0 spiro atoms. The number of nitrogen functional groups attached to an aromatic ring is 1. The molecule has 1 fully saturated rings. The lowest BCUT2D eigenvalue weighted by Crippen LogP contribution is -2.35. The molecule has 2 aromatic carbocycles. The monoisotopic (exact) mass is 362 g/mol. The first-order valence-electron chi connectivity index (χ1n) is 8.97. The third kappa shape index (κ3) is 3.57. The molecule has 1 aliphatic rings. The zero-order valence-corrected chi connectivity index (χ0v) is 14.9. The summed E-state index contributed by atoms with van der Waals surface area (Å²) in [5.74, 6) is 0.461. The number of rotatable bonds is 4. The Bertz CT molecular complexity index is 948. The molecule has 6 heteroatoms. The largest absolute Gasteiger partial charge is 0.507 e. The second-order valence-corrected chi connectivity index (χ2v) is 7.08. The Morgan fingerprint density at radius 2 is 1.78 bits per heavy atom. The van der Waals surface area contributed by atoms with Crippen molar-refractivity contribution >= 4 is 11.5 Å². The summed E-state index contributed by atoms with van der Waals surface area (Å²) in [6.45, 7) is 1.15. The number of benzene rings is 2. The van der Waals surface area contributed by atoms with Crippen LogP contribution in [0.1, 0.15) is 12.0 Å². The number of hydrogen-bond donors (Lipinski definition) is 3. The van der Waals surface area contributed by atoms with Crippen LogP contribution < -0.4 is 10.6 Å². The molecule has 1 unspecified atom stereocenters. The van der Waals surface area contributed by atoms with E-state index in [1.54, 1.807) is 18.2 Å². The van der Waals surface area contributed by atoms with E-state index in [9.17, 15) is 10.2 Å². The van der Waals surface area contributed by atoms with Gasteiger partial charge in [0.2, 0.25) is 0 Å². The highest BCUT2D eigenvalue weighted by atomic mass is 16.3. The van der Waals surface area contributed by atoms with Gasteiger partial charge in [0.1, 0.15) is 5.75 Å². The quantitative estimate of drug-likeness (QED) is 0.660. The second-order valence-electron chi connectivity index (χ2n) is 7.08. The Balaban J connectivity index is 1.59. The molecule has 0 amide bonds. The molecule has 3 aromatic rings. The smallest absolute Gasteiger partial charge is 0.169 e. The topological polar surface area (TPSA) is 95.5 Å². The van der Waals surface area contributed by atoms with Crippen LogP contribution in [0.4, 0.5) is 11.5 Å². The van der Waals surface area contributed by atoms with Gasteiger partial charge in [-0.1, -0.05) is 42.5 Å². The highest BCUT2D eigenvalue weighted by Crippen LogP contribution is 2.35. The van der Waals surface area contributed by atoms with E-state index < -0.39 is 5.60 Å². The van der Waals surface area contributed by atoms with E-state index in [0.29, 0.717) is 43.0 Å². The zero-order valence-electron chi connectivity index (χ0n) is 14.9. The summed E-state index contributed by atoms with van der Waals surface area (Å²) >= 11 is 0. The number of aliphatic hydroxyl groups is 1. The van der Waals surface area contributed by atoms with Gasteiger partial charge in [0, 0.05) is 25.1 Å². The maximum atomic E-state index is 11.0. The van der Waals surface area contributed by atoms with Gasteiger partial charge in [0.25, 0.3) is 0 Å². The van der Waals surface area contributed by atoms with Crippen LogP contribution in [0.25, 0.3) is 11.3 Å². The van der Waals surface area contributed by atoms with Crippen molar-refractivity contribution in [2.45, 2.75) is 18.4 Å². The molecule has 0 saturated carbocycles. The van der Waals surface area contributed by atoms with E-state index in [1.165, 1.54) is 0 Å². The summed E-state index contributed by atoms with van der Waals surface area (Å²) in [5.41, 5.74) is 8.25. The predicted molar refractivity (Wildman–Crippen MR) is 105 cm³/mol. The van der Waals surface area contributed by atoms with Crippen LogP contribution in [0.3, 0.4) is 0 Å². The number of para-hydroxylation sites is 1. The first-order chi connectivity index (χ1) is 13.0. The van der Waals surface area contributed by atoms with Gasteiger partial charge in [-0.05, 0) is 30.2 Å². The van der Waals surface area contributed by atoms with Gasteiger partial charge in [-0.25, -0.2) is 0 Å². The van der Waals surface area contributed by atoms with Crippen LogP contribution in [0, 0.1) is 0 Å². The number of β-amino-alcohol motifs (C(OH)–C–C–N with tert-alkyl or cyclic N) is 1. The van der Waals surface area contributed by atoms with Crippen LogP contribution >= 0.6 is 0 Å². The van der Waals surface area contributed by atoms with Gasteiger partial charge in [-0.3, -0.25) is 0 Å². The van der Waals surface area contributed by atoms with Crippen LogP contribution in [-0.2, 0) is 6.42 Å². The molecular weight excluding hydrogens is 340 g/mol. The van der Waals surface area contributed by atoms with Crippen molar-refractivity contribution in [1.82, 2.24) is 10.2 Å². The maximum Gasteiger partial charge on any atom is 0.169 e. The average molecular weight is 362 g/mol. The van der Waals surface area contributed by atoms with Gasteiger partial charge >= 0.3 is 0 Å². The van der Waals surface area contributed by atoms with Gasteiger partial charge in [-0.2, -0.15) is 0 Å². The molecule has 0 aliphatic carbocycles. The van der Waals surface area contributed by atoms with E-state index in [0.717, 1.165) is 11.3 Å². The lowest BCUT2D eigenvalue weighted by molar-refractivity contribution is 0.0637. The number of phenols is 1. The van der Waals surface area contributed by atoms with Crippen LogP contribution in [-0.4, -0.2) is 39.1 Å². The number of aromatic nitrogens is 2. The maximum absolute atomic E-state index is 11.0. The SMILES string of the molecule is Nc1nnc(-c2ccccc2O)cc1N1CCC(O)(Cc2ccccc2)C1. The molecule has 6 nitrogen and oxygen atoms in total. The minimum Gasteiger partial charge on any atom is -0.507 e. The molecule has 1 saturated heterocycles. The number of hydrogen-bond acceptors (Lipinski definition) is 6. The molecule has 2 heterocycles. The molecule has 4 N–H and O–H groups in total. The fraction of sp³-hybridized carbons (Fsp3) is 0.238. The van der Waals surface area contributed by atoms with Gasteiger partial charge in [-0.15, -0.1) is 10.2 Å². The Labute approximate surface area is 157 Å². The third-order valence-corrected chi connectivity index (χ3v) is 5.03. The number of aromatic hydroxyl groups is 1. The lowest BCUT2D eigenvalue weighted by atomic mass is 9.94. The van der Waals surface area contributed by atoms with Crippen molar-refractivity contribution in [2.24, 2.45) is 0 Å². The van der Waals surface area contributed by atoms with Crippen molar-refractivity contribution in [3.05, 3.63) is 66.2 Å². The standard InChI is InChI=1S/C21H22N4O2/c22-20-18(12-17(23-24-20)16-8-4-5-9-19(16)26)25-11-10-21(27,14-25)13-15-6-2-1-3-7-15/h1-9,12,26-27H,10-11,13-14H2,(H2,22,24). The van der Waals surface area contributed by atoms with E-state index in [-0.39, 0.29) is 5.75 Å². The molecule has 1 atom stereocenters. The van der Waals surface area contributed by atoms with Gasteiger partial charge in [0.05, 0.1) is 17.0 Å². The Morgan fingerprint density at radius 1 is 1.04 bits per heavy atom. The highest BCUT2D eigenvalue weighted by molar-refractivity contribution is 5.74. The van der Waals surface area contributed by atoms with E-state index in [1.807, 2.05) is 47.4 Å². The fourth-order valence-electron chi connectivity index (χ4n) is 3.65. The van der Waals surface area contributed by atoms with Gasteiger partial charge in [0.15, 0.2) is 5.82 Å². The lowest BCUT2D eigenvalue weighted by Gasteiger charge is -2.25. The number of phenolic OH excluding ortho intramolecular Hbond substituents is 1. The minimum absolute atomic E-state index is 0.143. The molecule has 0 bridgehead atoms. The first-order valence-corrected chi connectivity index (χ1v) is 8.97. The summed E-state index contributed by atoms with van der Waals surface area (Å²) in [4.78, 5) is 2.04. The summed E-state index contributed by atoms with van der Waals surface area (Å²) in [6.07, 6.45) is 1.24. The van der Waals surface area contributed by atoms with Crippen molar-refractivity contribution in [3.63, 3.8) is 0 Å². The Hall–Kier alpha value is -3.12. The van der Waals surface area contributed by atoms with Crippen LogP contribution in [0.2, 0.25) is 0 Å². The third-order valence-electron chi connectivity index (χ3n) is 5.03. The molecule has 138 valence electrons. The highest BCUT2D eigenvalue weighted by Gasteiger charge is 2.37. The van der Waals surface area contributed by atoms with Crippen LogP contribution in [0.5, 0.6) is 5.75 Å². The summed E-state index contributed by atoms with van der Waals surface area (Å²) in [7, 11) is 0. The molecule has 1 aromatic heterocycles. The fourth-order valence-corrected chi connectivity index (χ4v) is 3.65. The number of nitrogens with zero attached hydrogens (tertiary/aromatic N) is 3. The number of anilines is 2. The summed E-state index contributed by atoms with van der Waals surface area (Å²) in [5, 5.41) is 29.3. The molecule has 4 rings (SSSR count). The van der Waals surface area contributed by atoms with E-state index >= 15 is 0 Å². The van der Waals surface area contributed by atoms with E-state index in [4.69, 9.17) is 5.73 Å². The molecule has 0 radical (unpaired) electrons. The first kappa shape index (κ1) is 17.3. The predicted octanol–water partition coefficient (Wildman–Crippen LogP) is 2.62. The van der Waals surface area contributed by atoms with Crippen molar-refractivity contribution in [1.29, 1.82) is 0 Å². The normalized spacial score (nSPS) is 19.4. The molecule has 1 aliphatic heterocycles. The zero-order chi connectivity index (χ0) is 18.9. The van der Waals surface area contributed by atoms with Crippen molar-refractivity contribution in [3.8, 4) is 17.0 Å². The Morgan fingerprint density at radius 3 is 2.56 bits per heavy atom. The average Bonchev–Trinajstić information content (AvgIpc) is 3.05. The second kappa shape index (κ2) is 6.89. The van der Waals surface area contributed by atoms with Crippen molar-refractivity contribution < 1.29 is 10.2 Å². The number of nitrogens with two attached hydrogens (primary N) is 1. The molecule has 27 heavy (non-hydrogen) atoms. The minimum atomic E-state index is -0.813. The Kier molecular flexibility index (Phi) is 4.41.